The van der Waals surface area contributed by atoms with Crippen molar-refractivity contribution in [3.8, 4) is 0 Å². The average molecular weight is 1340 g/mol. The lowest BCUT2D eigenvalue weighted by Crippen LogP contribution is -2.29. The fraction of sp³-hybridized carbons (Fsp3) is 0.945. The maximum atomic E-state index is 13.0. The summed E-state index contributed by atoms with van der Waals surface area (Å²) in [4.78, 5) is 72.7. The van der Waals surface area contributed by atoms with Crippen LogP contribution in [0.5, 0.6) is 0 Å². The van der Waals surface area contributed by atoms with Crippen molar-refractivity contribution in [2.45, 2.75) is 406 Å². The first-order valence-corrected chi connectivity index (χ1v) is 41.2. The van der Waals surface area contributed by atoms with E-state index in [1.165, 1.54) is 231 Å². The van der Waals surface area contributed by atoms with Gasteiger partial charge in [0.05, 0.1) is 26.4 Å². The van der Waals surface area contributed by atoms with Crippen LogP contribution < -0.4 is 0 Å². The monoisotopic (exact) mass is 1340 g/mol. The Morgan fingerprint density at radius 2 is 0.440 bits per heavy atom. The van der Waals surface area contributed by atoms with Gasteiger partial charge in [-0.25, -0.2) is 9.13 Å². The molecule has 18 heteroatoms. The molecule has 4 unspecified atom stereocenters. The van der Waals surface area contributed by atoms with Crippen molar-refractivity contribution in [3.63, 3.8) is 0 Å². The molecular weight excluding hydrogens is 1190 g/mol. The fourth-order valence-corrected chi connectivity index (χ4v) is 12.8. The molecule has 91 heavy (non-hydrogen) atoms. The third-order valence-electron chi connectivity index (χ3n) is 17.0. The lowest BCUT2D eigenvalue weighted by Gasteiger charge is -2.20. The molecule has 0 saturated heterocycles. The Bertz CT molecular complexity index is 1600. The Labute approximate surface area is 557 Å². The lowest BCUT2D eigenvalue weighted by molar-refractivity contribution is -0.161. The summed E-state index contributed by atoms with van der Waals surface area (Å²) in [5, 5.41) is 0. The second-order valence-corrected chi connectivity index (χ2v) is 29.0. The highest BCUT2D eigenvalue weighted by molar-refractivity contribution is 7.47. The highest BCUT2D eigenvalue weighted by Crippen LogP contribution is 2.45. The molecule has 0 aliphatic carbocycles. The van der Waals surface area contributed by atoms with Crippen LogP contribution >= 0.6 is 15.6 Å². The van der Waals surface area contributed by atoms with Gasteiger partial charge in [0.1, 0.15) is 13.2 Å². The van der Waals surface area contributed by atoms with Crippen LogP contribution in [0, 0.1) is 0 Å². The number of esters is 4. The van der Waals surface area contributed by atoms with Gasteiger partial charge in [0, 0.05) is 25.7 Å². The van der Waals surface area contributed by atoms with Gasteiger partial charge in [0.2, 0.25) is 0 Å². The number of hydrogen-bond donors (Lipinski definition) is 2. The molecule has 0 spiro atoms. The first-order valence-electron chi connectivity index (χ1n) is 38.2. The SMILES string of the molecule is CCCCCCCCCCCCCCCC(=O)OCC(COP(=O)(O)OCCCOP(=O)(O)OCC(COC(=O)CCCCCCCCCCCCCCC)OC(=O)CCCCCCCCCCCCCCC)OC(=O)CCCCCCCCCCCCCCC. The van der Waals surface area contributed by atoms with Crippen molar-refractivity contribution in [1.82, 2.24) is 0 Å². The van der Waals surface area contributed by atoms with Gasteiger partial charge in [-0.3, -0.25) is 37.3 Å². The highest BCUT2D eigenvalue weighted by Gasteiger charge is 2.29. The van der Waals surface area contributed by atoms with E-state index in [-0.39, 0.29) is 45.3 Å². The third-order valence-corrected chi connectivity index (χ3v) is 19.0. The Morgan fingerprint density at radius 1 is 0.253 bits per heavy atom. The molecule has 4 atom stereocenters. The summed E-state index contributed by atoms with van der Waals surface area (Å²) in [6.45, 7) is 6.20. The Morgan fingerprint density at radius 3 is 0.648 bits per heavy atom. The standard InChI is InChI=1S/C73H142O16P2/c1-5-9-13-17-21-25-29-33-37-41-45-49-53-58-70(74)82-64-68(88-72(76)60-55-51-47-43-39-35-31-27-23-19-15-11-7-3)66-86-90(78,79)84-62-57-63-85-91(80,81)87-67-69(89-73(77)61-56-52-48-44-40-36-32-28-24-20-16-12-8-4)65-83-71(75)59-54-50-46-42-38-34-30-26-22-18-14-10-6-2/h68-69H,5-67H2,1-4H3,(H,78,79)(H,80,81). The van der Waals surface area contributed by atoms with Gasteiger partial charge in [-0.15, -0.1) is 0 Å². The average Bonchev–Trinajstić information content (AvgIpc) is 3.69. The van der Waals surface area contributed by atoms with Crippen LogP contribution in [0.25, 0.3) is 0 Å². The molecular formula is C73H142O16P2. The zero-order chi connectivity index (χ0) is 66.7. The van der Waals surface area contributed by atoms with Gasteiger partial charge in [0.15, 0.2) is 12.2 Å². The number of phosphoric ester groups is 2. The van der Waals surface area contributed by atoms with Gasteiger partial charge < -0.3 is 28.7 Å². The molecule has 0 aromatic heterocycles. The van der Waals surface area contributed by atoms with E-state index in [9.17, 15) is 38.1 Å². The molecule has 0 radical (unpaired) electrons. The predicted molar refractivity (Wildman–Crippen MR) is 371 cm³/mol. The summed E-state index contributed by atoms with van der Waals surface area (Å²) in [7, 11) is -9.51. The third kappa shape index (κ3) is 67.9. The zero-order valence-electron chi connectivity index (χ0n) is 59.2. The molecule has 0 aliphatic heterocycles. The van der Waals surface area contributed by atoms with E-state index in [4.69, 9.17) is 37.0 Å². The normalized spacial score (nSPS) is 13.6. The van der Waals surface area contributed by atoms with Crippen molar-refractivity contribution in [1.29, 1.82) is 0 Å². The Balaban J connectivity index is 5.16. The van der Waals surface area contributed by atoms with Crippen molar-refractivity contribution in [3.05, 3.63) is 0 Å². The number of carbonyl (C=O) groups is 4. The lowest BCUT2D eigenvalue weighted by atomic mass is 10.0. The smallest absolute Gasteiger partial charge is 0.462 e. The summed E-state index contributed by atoms with van der Waals surface area (Å²) >= 11 is 0. The van der Waals surface area contributed by atoms with Gasteiger partial charge in [0.25, 0.3) is 0 Å². The molecule has 2 N–H and O–H groups in total. The van der Waals surface area contributed by atoms with E-state index in [0.29, 0.717) is 25.7 Å². The molecule has 0 amide bonds. The minimum Gasteiger partial charge on any atom is -0.462 e. The van der Waals surface area contributed by atoms with Crippen molar-refractivity contribution >= 4 is 39.5 Å². The van der Waals surface area contributed by atoms with Gasteiger partial charge in [-0.05, 0) is 32.1 Å². The summed E-state index contributed by atoms with van der Waals surface area (Å²) in [5.41, 5.74) is 0. The summed E-state index contributed by atoms with van der Waals surface area (Å²) in [5.74, 6) is -1.96. The van der Waals surface area contributed by atoms with Crippen LogP contribution in [0.2, 0.25) is 0 Å². The van der Waals surface area contributed by atoms with Crippen molar-refractivity contribution in [2.24, 2.45) is 0 Å². The number of hydrogen-bond acceptors (Lipinski definition) is 14. The van der Waals surface area contributed by atoms with E-state index in [1.807, 2.05) is 0 Å². The van der Waals surface area contributed by atoms with Crippen LogP contribution in [0.4, 0.5) is 0 Å². The number of ether oxygens (including phenoxy) is 4. The van der Waals surface area contributed by atoms with Crippen LogP contribution in [0.1, 0.15) is 394 Å². The molecule has 0 aromatic carbocycles. The van der Waals surface area contributed by atoms with E-state index < -0.39 is 78.2 Å². The summed E-state index contributed by atoms with van der Waals surface area (Å²) in [6, 6.07) is 0. The number of rotatable bonds is 74. The van der Waals surface area contributed by atoms with E-state index >= 15 is 0 Å². The quantitative estimate of drug-likeness (QED) is 0.0250. The van der Waals surface area contributed by atoms with Crippen LogP contribution in [0.3, 0.4) is 0 Å². The zero-order valence-corrected chi connectivity index (χ0v) is 61.0. The van der Waals surface area contributed by atoms with Crippen LogP contribution in [-0.4, -0.2) is 85.5 Å². The number of carbonyl (C=O) groups excluding carboxylic acids is 4. The van der Waals surface area contributed by atoms with Gasteiger partial charge in [-0.2, -0.15) is 0 Å². The van der Waals surface area contributed by atoms with E-state index in [1.54, 1.807) is 0 Å². The van der Waals surface area contributed by atoms with Crippen LogP contribution in [-0.2, 0) is 65.4 Å². The second-order valence-electron chi connectivity index (χ2n) is 26.1. The molecule has 0 aromatic rings. The molecule has 0 rings (SSSR count). The first-order chi connectivity index (χ1) is 44.3. The van der Waals surface area contributed by atoms with E-state index in [2.05, 4.69) is 27.7 Å². The Kier molecular flexibility index (Phi) is 66.6. The van der Waals surface area contributed by atoms with E-state index in [0.717, 1.165) is 77.0 Å². The van der Waals surface area contributed by atoms with Gasteiger partial charge >= 0.3 is 39.5 Å². The molecule has 0 aliphatic rings. The highest BCUT2D eigenvalue weighted by atomic mass is 31.2. The molecule has 0 heterocycles. The predicted octanol–water partition coefficient (Wildman–Crippen LogP) is 22.5. The topological polar surface area (TPSA) is 217 Å². The Hall–Kier alpha value is -1.90. The molecule has 0 bridgehead atoms. The molecule has 0 saturated carbocycles. The van der Waals surface area contributed by atoms with Crippen molar-refractivity contribution in [2.75, 3.05) is 39.6 Å². The molecule has 16 nitrogen and oxygen atoms in total. The minimum absolute atomic E-state index is 0.134. The van der Waals surface area contributed by atoms with Gasteiger partial charge in [-0.1, -0.05) is 336 Å². The van der Waals surface area contributed by atoms with Crippen molar-refractivity contribution < 1.29 is 75.1 Å². The largest absolute Gasteiger partial charge is 0.472 e. The summed E-state index contributed by atoms with van der Waals surface area (Å²) in [6.07, 6.45) is 59.2. The minimum atomic E-state index is -4.75. The molecule has 0 fully saturated rings. The first kappa shape index (κ1) is 89.1. The maximum Gasteiger partial charge on any atom is 0.472 e. The second kappa shape index (κ2) is 68.1. The molecule has 540 valence electrons. The van der Waals surface area contributed by atoms with Crippen LogP contribution in [0.15, 0.2) is 0 Å². The summed E-state index contributed by atoms with van der Waals surface area (Å²) < 4.78 is 68.9. The maximum absolute atomic E-state index is 13.0. The number of unbranched alkanes of at least 4 members (excludes halogenated alkanes) is 48. The fourth-order valence-electron chi connectivity index (χ4n) is 11.2. The number of phosphoric acid groups is 2.